The van der Waals surface area contributed by atoms with E-state index in [1.165, 1.54) is 0 Å². The van der Waals surface area contributed by atoms with E-state index in [0.29, 0.717) is 17.1 Å². The molecule has 1 heterocycles. The summed E-state index contributed by atoms with van der Waals surface area (Å²) in [5.74, 6) is -0.973. The number of aromatic carboxylic acids is 1. The van der Waals surface area contributed by atoms with Gasteiger partial charge in [0.05, 0.1) is 5.69 Å². The largest absolute Gasteiger partial charge is 0.478 e. The van der Waals surface area contributed by atoms with Gasteiger partial charge in [-0.15, -0.1) is 0 Å². The van der Waals surface area contributed by atoms with E-state index in [1.807, 2.05) is 6.92 Å². The fraction of sp³-hybridized carbons (Fsp3) is 0.643. The number of hydrogen-bond donors (Lipinski definition) is 2. The molecule has 20 heavy (non-hydrogen) atoms. The van der Waals surface area contributed by atoms with Gasteiger partial charge in [0.25, 0.3) is 0 Å². The molecule has 1 amide bonds. The first kappa shape index (κ1) is 16.6. The molecular weight excluding hydrogens is 276 g/mol. The molecular formula is C14H22N2O3S. The zero-order valence-corrected chi connectivity index (χ0v) is 13.4. The molecule has 0 saturated carbocycles. The molecule has 0 bridgehead atoms. The topological polar surface area (TPSA) is 79.3 Å². The van der Waals surface area contributed by atoms with Gasteiger partial charge in [-0.1, -0.05) is 27.7 Å². The van der Waals surface area contributed by atoms with Crippen LogP contribution in [0.4, 0.5) is 5.00 Å². The van der Waals surface area contributed by atoms with Gasteiger partial charge in [-0.3, -0.25) is 4.79 Å². The summed E-state index contributed by atoms with van der Waals surface area (Å²) >= 11 is 1.01. The number of aromatic nitrogens is 1. The van der Waals surface area contributed by atoms with Crippen LogP contribution in [0.5, 0.6) is 0 Å². The molecule has 0 radical (unpaired) electrons. The maximum absolute atomic E-state index is 12.0. The van der Waals surface area contributed by atoms with E-state index in [0.717, 1.165) is 18.0 Å². The molecule has 1 unspecified atom stereocenters. The predicted molar refractivity (Wildman–Crippen MR) is 80.3 cm³/mol. The number of amides is 1. The molecule has 0 saturated heterocycles. The lowest BCUT2D eigenvalue weighted by Gasteiger charge is -2.22. The summed E-state index contributed by atoms with van der Waals surface area (Å²) in [5.41, 5.74) is 0.694. The molecule has 112 valence electrons. The summed E-state index contributed by atoms with van der Waals surface area (Å²) in [6.07, 6.45) is 1.32. The summed E-state index contributed by atoms with van der Waals surface area (Å²) in [6, 6.07) is 0. The number of hydrogen-bond acceptors (Lipinski definition) is 4. The van der Waals surface area contributed by atoms with E-state index in [2.05, 4.69) is 30.5 Å². The third-order valence-electron chi connectivity index (χ3n) is 2.82. The lowest BCUT2D eigenvalue weighted by molar-refractivity contribution is -0.117. The van der Waals surface area contributed by atoms with Crippen LogP contribution in [0.25, 0.3) is 0 Å². The normalized spacial score (nSPS) is 13.1. The molecule has 0 aliphatic rings. The Morgan fingerprint density at radius 3 is 2.50 bits per heavy atom. The zero-order chi connectivity index (χ0) is 15.5. The van der Waals surface area contributed by atoms with E-state index in [4.69, 9.17) is 5.11 Å². The van der Waals surface area contributed by atoms with Crippen LogP contribution < -0.4 is 5.32 Å². The first-order valence-corrected chi connectivity index (χ1v) is 7.37. The second-order valence-corrected chi connectivity index (χ2v) is 7.17. The molecule has 0 aromatic carbocycles. The lowest BCUT2D eigenvalue weighted by atomic mass is 9.84. The van der Waals surface area contributed by atoms with Crippen molar-refractivity contribution in [3.05, 3.63) is 11.3 Å². The fourth-order valence-corrected chi connectivity index (χ4v) is 3.12. The van der Waals surface area contributed by atoms with Gasteiger partial charge < -0.3 is 10.4 Å². The summed E-state index contributed by atoms with van der Waals surface area (Å²) < 4.78 is 3.98. The second kappa shape index (κ2) is 6.35. The first-order chi connectivity index (χ1) is 9.10. The van der Waals surface area contributed by atoms with Gasteiger partial charge in [0.1, 0.15) is 10.6 Å². The molecule has 1 aromatic heterocycles. The SMILES string of the molecule is Cc1nsc(NC(=O)CC(C)CC(C)(C)C)c1C(=O)O. The molecule has 1 rings (SSSR count). The van der Waals surface area contributed by atoms with Gasteiger partial charge >= 0.3 is 5.97 Å². The highest BCUT2D eigenvalue weighted by Gasteiger charge is 2.21. The lowest BCUT2D eigenvalue weighted by Crippen LogP contribution is -2.19. The van der Waals surface area contributed by atoms with Crippen molar-refractivity contribution in [3.8, 4) is 0 Å². The highest BCUT2D eigenvalue weighted by Crippen LogP contribution is 2.28. The van der Waals surface area contributed by atoms with Gasteiger partial charge in [-0.2, -0.15) is 4.37 Å². The number of anilines is 1. The molecule has 0 aliphatic heterocycles. The molecule has 2 N–H and O–H groups in total. The summed E-state index contributed by atoms with van der Waals surface area (Å²) in [5, 5.41) is 12.1. The Morgan fingerprint density at radius 2 is 2.00 bits per heavy atom. The van der Waals surface area contributed by atoms with E-state index >= 15 is 0 Å². The summed E-state index contributed by atoms with van der Waals surface area (Å²) in [4.78, 5) is 23.1. The maximum atomic E-state index is 12.0. The average molecular weight is 298 g/mol. The molecule has 1 atom stereocenters. The van der Waals surface area contributed by atoms with Crippen molar-refractivity contribution in [2.45, 2.75) is 47.5 Å². The van der Waals surface area contributed by atoms with Crippen LogP contribution in [0.1, 0.15) is 56.6 Å². The highest BCUT2D eigenvalue weighted by atomic mass is 32.1. The van der Waals surface area contributed by atoms with Crippen LogP contribution in [0, 0.1) is 18.3 Å². The first-order valence-electron chi connectivity index (χ1n) is 6.59. The van der Waals surface area contributed by atoms with Gasteiger partial charge in [0.15, 0.2) is 0 Å². The average Bonchev–Trinajstić information content (AvgIpc) is 2.55. The Bertz CT molecular complexity index is 503. The quantitative estimate of drug-likeness (QED) is 0.871. The van der Waals surface area contributed by atoms with Gasteiger partial charge in [0.2, 0.25) is 5.91 Å². The Balaban J connectivity index is 2.66. The van der Waals surface area contributed by atoms with E-state index < -0.39 is 5.97 Å². The smallest absolute Gasteiger partial charge is 0.340 e. The molecule has 0 fully saturated rings. The van der Waals surface area contributed by atoms with Crippen molar-refractivity contribution >= 4 is 28.4 Å². The van der Waals surface area contributed by atoms with Gasteiger partial charge in [-0.05, 0) is 36.2 Å². The van der Waals surface area contributed by atoms with Crippen molar-refractivity contribution in [2.75, 3.05) is 5.32 Å². The number of carbonyl (C=O) groups is 2. The number of rotatable bonds is 5. The van der Waals surface area contributed by atoms with Crippen molar-refractivity contribution < 1.29 is 14.7 Å². The number of aryl methyl sites for hydroxylation is 1. The number of nitrogens with zero attached hydrogens (tertiary/aromatic N) is 1. The minimum absolute atomic E-state index is 0.0897. The zero-order valence-electron chi connectivity index (χ0n) is 12.6. The Kier molecular flexibility index (Phi) is 5.28. The molecule has 5 nitrogen and oxygen atoms in total. The maximum Gasteiger partial charge on any atom is 0.340 e. The minimum Gasteiger partial charge on any atom is -0.478 e. The van der Waals surface area contributed by atoms with Crippen molar-refractivity contribution in [2.24, 2.45) is 11.3 Å². The van der Waals surface area contributed by atoms with Crippen LogP contribution >= 0.6 is 11.5 Å². The molecule has 0 spiro atoms. The molecule has 6 heteroatoms. The van der Waals surface area contributed by atoms with E-state index in [1.54, 1.807) is 6.92 Å². The summed E-state index contributed by atoms with van der Waals surface area (Å²) in [6.45, 7) is 10.1. The van der Waals surface area contributed by atoms with Gasteiger partial charge in [0, 0.05) is 6.42 Å². The van der Waals surface area contributed by atoms with Crippen molar-refractivity contribution in [1.29, 1.82) is 0 Å². The fourth-order valence-electron chi connectivity index (χ4n) is 2.32. The van der Waals surface area contributed by atoms with Gasteiger partial charge in [-0.25, -0.2) is 4.79 Å². The van der Waals surface area contributed by atoms with Crippen LogP contribution in [0.15, 0.2) is 0 Å². The Hall–Kier alpha value is -1.43. The number of carboxylic acid groups (broad SMARTS) is 1. The third kappa shape index (κ3) is 4.92. The third-order valence-corrected chi connectivity index (χ3v) is 3.68. The minimum atomic E-state index is -1.06. The van der Waals surface area contributed by atoms with Crippen molar-refractivity contribution in [1.82, 2.24) is 4.37 Å². The standard InChI is InChI=1S/C14H22N2O3S/c1-8(7-14(3,4)5)6-10(17)15-12-11(13(18)19)9(2)16-20-12/h8H,6-7H2,1-5H3,(H,15,17)(H,18,19). The number of nitrogens with one attached hydrogen (secondary N) is 1. The highest BCUT2D eigenvalue weighted by molar-refractivity contribution is 7.11. The Labute approximate surface area is 123 Å². The molecule has 1 aromatic rings. The predicted octanol–water partition coefficient (Wildman–Crippen LogP) is 3.55. The number of carbonyl (C=O) groups excluding carboxylic acids is 1. The van der Waals surface area contributed by atoms with Crippen LogP contribution in [-0.2, 0) is 4.79 Å². The van der Waals surface area contributed by atoms with Crippen molar-refractivity contribution in [3.63, 3.8) is 0 Å². The monoisotopic (exact) mass is 298 g/mol. The number of carboxylic acids is 1. The van der Waals surface area contributed by atoms with Crippen LogP contribution in [0.2, 0.25) is 0 Å². The Morgan fingerprint density at radius 1 is 1.40 bits per heavy atom. The van der Waals surface area contributed by atoms with E-state index in [9.17, 15) is 9.59 Å². The summed E-state index contributed by atoms with van der Waals surface area (Å²) in [7, 11) is 0. The molecule has 0 aliphatic carbocycles. The second-order valence-electron chi connectivity index (χ2n) is 6.40. The van der Waals surface area contributed by atoms with Crippen LogP contribution in [0.3, 0.4) is 0 Å². The van der Waals surface area contributed by atoms with Crippen LogP contribution in [-0.4, -0.2) is 21.4 Å². The van der Waals surface area contributed by atoms with E-state index in [-0.39, 0.29) is 22.8 Å².